The summed E-state index contributed by atoms with van der Waals surface area (Å²) >= 11 is 6.00. The van der Waals surface area contributed by atoms with Crippen molar-refractivity contribution >= 4 is 17.3 Å². The Kier molecular flexibility index (Phi) is 5.09. The van der Waals surface area contributed by atoms with Crippen LogP contribution in [-0.4, -0.2) is 31.9 Å². The topological polar surface area (TPSA) is 32.7 Å². The molecule has 17 heavy (non-hydrogen) atoms. The molecule has 1 rings (SSSR count). The Morgan fingerprint density at radius 3 is 2.53 bits per heavy atom. The van der Waals surface area contributed by atoms with Crippen molar-refractivity contribution in [3.05, 3.63) is 23.2 Å². The SMILES string of the molecule is COc1ccc(Cl)cc1N(C)C(CO)C(C)C. The van der Waals surface area contributed by atoms with Gasteiger partial charge in [0.1, 0.15) is 5.75 Å². The molecule has 1 aromatic carbocycles. The normalized spacial score (nSPS) is 12.6. The van der Waals surface area contributed by atoms with Gasteiger partial charge >= 0.3 is 0 Å². The number of halogens is 1. The molecule has 0 saturated carbocycles. The average Bonchev–Trinajstić information content (AvgIpc) is 2.29. The van der Waals surface area contributed by atoms with Crippen molar-refractivity contribution in [2.45, 2.75) is 19.9 Å². The molecule has 3 nitrogen and oxygen atoms in total. The van der Waals surface area contributed by atoms with E-state index in [1.165, 1.54) is 0 Å². The number of hydrogen-bond donors (Lipinski definition) is 1. The number of benzene rings is 1. The van der Waals surface area contributed by atoms with Crippen molar-refractivity contribution in [3.8, 4) is 5.75 Å². The van der Waals surface area contributed by atoms with Gasteiger partial charge in [-0.2, -0.15) is 0 Å². The summed E-state index contributed by atoms with van der Waals surface area (Å²) in [6, 6.07) is 5.53. The van der Waals surface area contributed by atoms with Gasteiger partial charge in [-0.3, -0.25) is 0 Å². The van der Waals surface area contributed by atoms with Crippen molar-refractivity contribution in [2.24, 2.45) is 5.92 Å². The van der Waals surface area contributed by atoms with Crippen LogP contribution in [-0.2, 0) is 0 Å². The molecule has 1 atom stereocenters. The maximum Gasteiger partial charge on any atom is 0.142 e. The third-order valence-electron chi connectivity index (χ3n) is 2.97. The molecule has 0 aromatic heterocycles. The first-order valence-electron chi connectivity index (χ1n) is 5.68. The smallest absolute Gasteiger partial charge is 0.142 e. The lowest BCUT2D eigenvalue weighted by molar-refractivity contribution is 0.233. The first kappa shape index (κ1) is 14.1. The minimum Gasteiger partial charge on any atom is -0.495 e. The standard InChI is InChI=1S/C13H20ClNO2/c1-9(2)12(8-16)15(3)11-7-10(14)5-6-13(11)17-4/h5-7,9,12,16H,8H2,1-4H3. The van der Waals surface area contributed by atoms with Crippen LogP contribution in [0.2, 0.25) is 5.02 Å². The monoisotopic (exact) mass is 257 g/mol. The number of nitrogens with zero attached hydrogens (tertiary/aromatic N) is 1. The van der Waals surface area contributed by atoms with Gasteiger partial charge in [0.25, 0.3) is 0 Å². The molecule has 0 aliphatic heterocycles. The molecule has 1 N–H and O–H groups in total. The van der Waals surface area contributed by atoms with E-state index in [0.29, 0.717) is 10.9 Å². The molecule has 0 amide bonds. The average molecular weight is 258 g/mol. The number of likely N-dealkylation sites (N-methyl/N-ethyl adjacent to an activating group) is 1. The lowest BCUT2D eigenvalue weighted by atomic mass is 10.0. The van der Waals surface area contributed by atoms with Crippen molar-refractivity contribution in [1.82, 2.24) is 0 Å². The van der Waals surface area contributed by atoms with Gasteiger partial charge in [0.15, 0.2) is 0 Å². The fraction of sp³-hybridized carbons (Fsp3) is 0.538. The number of hydrogen-bond acceptors (Lipinski definition) is 3. The number of anilines is 1. The van der Waals surface area contributed by atoms with Crippen LogP contribution in [0.1, 0.15) is 13.8 Å². The first-order valence-corrected chi connectivity index (χ1v) is 6.06. The Morgan fingerprint density at radius 2 is 2.06 bits per heavy atom. The second-order valence-corrected chi connectivity index (χ2v) is 4.86. The van der Waals surface area contributed by atoms with Gasteiger partial charge in [0, 0.05) is 12.1 Å². The van der Waals surface area contributed by atoms with Gasteiger partial charge in [0.05, 0.1) is 25.4 Å². The van der Waals surface area contributed by atoms with Crippen LogP contribution < -0.4 is 9.64 Å². The van der Waals surface area contributed by atoms with E-state index in [-0.39, 0.29) is 12.6 Å². The van der Waals surface area contributed by atoms with Gasteiger partial charge in [-0.25, -0.2) is 0 Å². The summed E-state index contributed by atoms with van der Waals surface area (Å²) in [5.74, 6) is 1.10. The third kappa shape index (κ3) is 3.27. The molecule has 0 fully saturated rings. The van der Waals surface area contributed by atoms with Crippen LogP contribution in [0.5, 0.6) is 5.75 Å². The summed E-state index contributed by atoms with van der Waals surface area (Å²) < 4.78 is 5.31. The number of aliphatic hydroxyl groups excluding tert-OH is 1. The maximum absolute atomic E-state index is 9.45. The van der Waals surface area contributed by atoms with Crippen LogP contribution in [0.15, 0.2) is 18.2 Å². The van der Waals surface area contributed by atoms with E-state index in [1.54, 1.807) is 13.2 Å². The molecule has 0 heterocycles. The van der Waals surface area contributed by atoms with Crippen molar-refractivity contribution in [3.63, 3.8) is 0 Å². The highest BCUT2D eigenvalue weighted by molar-refractivity contribution is 6.30. The van der Waals surface area contributed by atoms with E-state index in [0.717, 1.165) is 11.4 Å². The summed E-state index contributed by atoms with van der Waals surface area (Å²) in [5.41, 5.74) is 0.896. The second-order valence-electron chi connectivity index (χ2n) is 4.42. The van der Waals surface area contributed by atoms with Gasteiger partial charge < -0.3 is 14.7 Å². The van der Waals surface area contributed by atoms with Gasteiger partial charge in [-0.1, -0.05) is 25.4 Å². The van der Waals surface area contributed by atoms with Crippen LogP contribution in [0.25, 0.3) is 0 Å². The molecular weight excluding hydrogens is 238 g/mol. The first-order chi connectivity index (χ1) is 8.01. The zero-order valence-corrected chi connectivity index (χ0v) is 11.5. The number of rotatable bonds is 5. The Morgan fingerprint density at radius 1 is 1.41 bits per heavy atom. The minimum atomic E-state index is 0.0439. The van der Waals surface area contributed by atoms with Crippen molar-refractivity contribution < 1.29 is 9.84 Å². The molecular formula is C13H20ClNO2. The van der Waals surface area contributed by atoms with Crippen LogP contribution in [0.3, 0.4) is 0 Å². The van der Waals surface area contributed by atoms with Crippen LogP contribution in [0.4, 0.5) is 5.69 Å². The zero-order valence-electron chi connectivity index (χ0n) is 10.8. The molecule has 1 unspecified atom stereocenters. The molecule has 0 saturated heterocycles. The number of aliphatic hydroxyl groups is 1. The minimum absolute atomic E-state index is 0.0439. The Bertz CT molecular complexity index is 368. The highest BCUT2D eigenvalue weighted by Crippen LogP contribution is 2.32. The molecule has 96 valence electrons. The highest BCUT2D eigenvalue weighted by atomic mass is 35.5. The van der Waals surface area contributed by atoms with E-state index < -0.39 is 0 Å². The fourth-order valence-electron chi connectivity index (χ4n) is 1.90. The summed E-state index contributed by atoms with van der Waals surface area (Å²) in [6.45, 7) is 4.26. The van der Waals surface area contributed by atoms with E-state index >= 15 is 0 Å². The Labute approximate surface area is 108 Å². The molecule has 0 bridgehead atoms. The summed E-state index contributed by atoms with van der Waals surface area (Å²) in [4.78, 5) is 2.01. The predicted octanol–water partition coefficient (Wildman–Crippen LogP) is 2.80. The van der Waals surface area contributed by atoms with E-state index in [1.807, 2.05) is 24.1 Å². The number of ether oxygens (including phenoxy) is 1. The number of methoxy groups -OCH3 is 1. The predicted molar refractivity (Wildman–Crippen MR) is 72.1 cm³/mol. The fourth-order valence-corrected chi connectivity index (χ4v) is 2.06. The molecule has 4 heteroatoms. The summed E-state index contributed by atoms with van der Waals surface area (Å²) in [5, 5.41) is 10.1. The maximum atomic E-state index is 9.45. The van der Waals surface area contributed by atoms with Gasteiger partial charge in [0.2, 0.25) is 0 Å². The van der Waals surface area contributed by atoms with Crippen molar-refractivity contribution in [2.75, 3.05) is 25.7 Å². The van der Waals surface area contributed by atoms with Gasteiger partial charge in [-0.15, -0.1) is 0 Å². The molecule has 0 aliphatic carbocycles. The van der Waals surface area contributed by atoms with E-state index in [2.05, 4.69) is 13.8 Å². The Balaban J connectivity index is 3.08. The third-order valence-corrected chi connectivity index (χ3v) is 3.21. The molecule has 0 aliphatic rings. The quantitative estimate of drug-likeness (QED) is 0.881. The molecule has 0 radical (unpaired) electrons. The zero-order chi connectivity index (χ0) is 13.0. The van der Waals surface area contributed by atoms with Gasteiger partial charge in [-0.05, 0) is 24.1 Å². The largest absolute Gasteiger partial charge is 0.495 e. The summed E-state index contributed by atoms with van der Waals surface area (Å²) in [6.07, 6.45) is 0. The van der Waals surface area contributed by atoms with Crippen LogP contribution in [0, 0.1) is 5.92 Å². The Hall–Kier alpha value is -0.930. The van der Waals surface area contributed by atoms with E-state index in [9.17, 15) is 5.11 Å². The lowest BCUT2D eigenvalue weighted by Crippen LogP contribution is -2.39. The lowest BCUT2D eigenvalue weighted by Gasteiger charge is -2.32. The van der Waals surface area contributed by atoms with Crippen molar-refractivity contribution in [1.29, 1.82) is 0 Å². The highest BCUT2D eigenvalue weighted by Gasteiger charge is 2.20. The molecule has 0 spiro atoms. The second kappa shape index (κ2) is 6.12. The molecule has 1 aromatic rings. The van der Waals surface area contributed by atoms with Crippen LogP contribution >= 0.6 is 11.6 Å². The van der Waals surface area contributed by atoms with E-state index in [4.69, 9.17) is 16.3 Å². The summed E-state index contributed by atoms with van der Waals surface area (Å²) in [7, 11) is 3.57.